The van der Waals surface area contributed by atoms with Crippen LogP contribution in [0.4, 0.5) is 0 Å². The van der Waals surface area contributed by atoms with Gasteiger partial charge in [-0.2, -0.15) is 0 Å². The van der Waals surface area contributed by atoms with Crippen molar-refractivity contribution in [1.82, 2.24) is 4.98 Å². The summed E-state index contributed by atoms with van der Waals surface area (Å²) < 4.78 is 0. The lowest BCUT2D eigenvalue weighted by Crippen LogP contribution is -2.03. The highest BCUT2D eigenvalue weighted by Crippen LogP contribution is 2.30. The quantitative estimate of drug-likeness (QED) is 0.915. The van der Waals surface area contributed by atoms with Crippen LogP contribution in [0.15, 0.2) is 46.5 Å². The van der Waals surface area contributed by atoms with Crippen LogP contribution in [0.25, 0.3) is 0 Å². The highest BCUT2D eigenvalue weighted by molar-refractivity contribution is 7.99. The fourth-order valence-electron chi connectivity index (χ4n) is 1.66. The zero-order chi connectivity index (χ0) is 13.1. The normalized spacial score (nSPS) is 10.3. The lowest BCUT2D eigenvalue weighted by Gasteiger charge is -2.07. The fourth-order valence-corrected chi connectivity index (χ4v) is 2.74. The molecule has 3 nitrogen and oxygen atoms in total. The molecule has 2 aromatic rings. The molecular weight excluding hydrogens is 246 g/mol. The molecule has 4 heteroatoms. The van der Waals surface area contributed by atoms with Gasteiger partial charge in [0.25, 0.3) is 0 Å². The second-order valence-corrected chi connectivity index (χ2v) is 5.09. The van der Waals surface area contributed by atoms with Crippen LogP contribution in [0.2, 0.25) is 0 Å². The summed E-state index contributed by atoms with van der Waals surface area (Å²) in [4.78, 5) is 16.4. The van der Waals surface area contributed by atoms with Gasteiger partial charge < -0.3 is 5.11 Å². The van der Waals surface area contributed by atoms with Gasteiger partial charge in [0.2, 0.25) is 0 Å². The van der Waals surface area contributed by atoms with Gasteiger partial charge in [-0.05, 0) is 37.6 Å². The van der Waals surface area contributed by atoms with Crippen molar-refractivity contribution in [2.24, 2.45) is 0 Å². The summed E-state index contributed by atoms with van der Waals surface area (Å²) in [6.45, 7) is 3.79. The first kappa shape index (κ1) is 12.6. The van der Waals surface area contributed by atoms with E-state index >= 15 is 0 Å². The number of carboxylic acid groups (broad SMARTS) is 1. The summed E-state index contributed by atoms with van der Waals surface area (Å²) in [7, 11) is 0. The van der Waals surface area contributed by atoms with Gasteiger partial charge in [-0.1, -0.05) is 29.5 Å². The lowest BCUT2D eigenvalue weighted by atomic mass is 10.2. The monoisotopic (exact) mass is 259 g/mol. The van der Waals surface area contributed by atoms with Crippen molar-refractivity contribution >= 4 is 17.7 Å². The zero-order valence-corrected chi connectivity index (χ0v) is 11.0. The van der Waals surface area contributed by atoms with E-state index in [1.807, 2.05) is 31.2 Å². The molecule has 0 saturated heterocycles. The molecule has 1 heterocycles. The molecule has 0 amide bonds. The summed E-state index contributed by atoms with van der Waals surface area (Å²) in [5.41, 5.74) is 2.15. The lowest BCUT2D eigenvalue weighted by molar-refractivity contribution is 0.0691. The third kappa shape index (κ3) is 2.71. The van der Waals surface area contributed by atoms with E-state index in [4.69, 9.17) is 0 Å². The number of aromatic nitrogens is 1. The number of rotatable bonds is 3. The Morgan fingerprint density at radius 2 is 2.06 bits per heavy atom. The summed E-state index contributed by atoms with van der Waals surface area (Å²) in [6, 6.07) is 9.64. The van der Waals surface area contributed by atoms with Gasteiger partial charge in [0.05, 0.1) is 5.56 Å². The van der Waals surface area contributed by atoms with Gasteiger partial charge in [-0.25, -0.2) is 9.78 Å². The molecule has 1 N–H and O–H groups in total. The second kappa shape index (κ2) is 5.23. The fraction of sp³-hybridized carbons (Fsp3) is 0.143. The number of aryl methyl sites for hydroxylation is 2. The van der Waals surface area contributed by atoms with E-state index in [0.29, 0.717) is 5.03 Å². The first-order valence-corrected chi connectivity index (χ1v) is 6.33. The first-order valence-electron chi connectivity index (χ1n) is 5.51. The number of aromatic carboxylic acids is 1. The van der Waals surface area contributed by atoms with Crippen LogP contribution in [0, 0.1) is 13.8 Å². The second-order valence-electron chi connectivity index (χ2n) is 4.03. The zero-order valence-electron chi connectivity index (χ0n) is 10.2. The van der Waals surface area contributed by atoms with E-state index in [2.05, 4.69) is 4.98 Å². The predicted octanol–water partition coefficient (Wildman–Crippen LogP) is 3.55. The van der Waals surface area contributed by atoms with Crippen LogP contribution in [-0.2, 0) is 0 Å². The van der Waals surface area contributed by atoms with Crippen LogP contribution in [0.1, 0.15) is 21.5 Å². The van der Waals surface area contributed by atoms with Crippen molar-refractivity contribution in [1.29, 1.82) is 0 Å². The van der Waals surface area contributed by atoms with E-state index in [1.165, 1.54) is 11.8 Å². The molecule has 0 fully saturated rings. The number of benzene rings is 1. The summed E-state index contributed by atoms with van der Waals surface area (Å²) in [5.74, 6) is -0.934. The van der Waals surface area contributed by atoms with E-state index < -0.39 is 5.97 Å². The number of carbonyl (C=O) groups is 1. The molecular formula is C14H13NO2S. The Morgan fingerprint density at radius 1 is 1.28 bits per heavy atom. The number of carboxylic acids is 1. The number of hydrogen-bond acceptors (Lipinski definition) is 3. The minimum absolute atomic E-state index is 0.281. The third-order valence-electron chi connectivity index (χ3n) is 2.54. The minimum atomic E-state index is -0.934. The van der Waals surface area contributed by atoms with Crippen molar-refractivity contribution < 1.29 is 9.90 Å². The molecule has 0 aliphatic carbocycles. The number of pyridine rings is 1. The van der Waals surface area contributed by atoms with Crippen LogP contribution < -0.4 is 0 Å². The maximum absolute atomic E-state index is 11.2. The summed E-state index contributed by atoms with van der Waals surface area (Å²) >= 11 is 1.38. The Labute approximate surface area is 110 Å². The molecule has 0 aliphatic rings. The predicted molar refractivity (Wildman–Crippen MR) is 71.2 cm³/mol. The molecule has 0 aliphatic heterocycles. The molecule has 0 unspecified atom stereocenters. The molecule has 1 aromatic carbocycles. The Kier molecular flexibility index (Phi) is 3.67. The van der Waals surface area contributed by atoms with Crippen LogP contribution in [0.3, 0.4) is 0 Å². The van der Waals surface area contributed by atoms with E-state index in [0.717, 1.165) is 16.0 Å². The van der Waals surface area contributed by atoms with E-state index in [-0.39, 0.29) is 5.56 Å². The molecule has 1 aromatic heterocycles. The summed E-state index contributed by atoms with van der Waals surface area (Å²) in [6.07, 6.45) is 1.64. The van der Waals surface area contributed by atoms with Crippen LogP contribution >= 0.6 is 11.8 Å². The highest BCUT2D eigenvalue weighted by Gasteiger charge is 2.15. The maximum Gasteiger partial charge on any atom is 0.338 e. The average Bonchev–Trinajstić information content (AvgIpc) is 2.28. The van der Waals surface area contributed by atoms with E-state index in [9.17, 15) is 9.90 Å². The third-order valence-corrected chi connectivity index (χ3v) is 3.53. The molecule has 92 valence electrons. The smallest absolute Gasteiger partial charge is 0.338 e. The van der Waals surface area contributed by atoms with Gasteiger partial charge in [-0.3, -0.25) is 0 Å². The Hall–Kier alpha value is -1.81. The van der Waals surface area contributed by atoms with Crippen molar-refractivity contribution in [3.05, 3.63) is 53.2 Å². The van der Waals surface area contributed by atoms with E-state index in [1.54, 1.807) is 19.2 Å². The van der Waals surface area contributed by atoms with Gasteiger partial charge >= 0.3 is 5.97 Å². The van der Waals surface area contributed by atoms with Crippen molar-refractivity contribution in [3.63, 3.8) is 0 Å². The number of hydrogen-bond donors (Lipinski definition) is 1. The first-order chi connectivity index (χ1) is 8.58. The largest absolute Gasteiger partial charge is 0.478 e. The molecule has 0 spiro atoms. The Balaban J connectivity index is 2.40. The van der Waals surface area contributed by atoms with Crippen LogP contribution in [-0.4, -0.2) is 16.1 Å². The highest BCUT2D eigenvalue weighted by atomic mass is 32.2. The molecule has 0 radical (unpaired) electrons. The molecule has 18 heavy (non-hydrogen) atoms. The topological polar surface area (TPSA) is 50.2 Å². The summed E-state index contributed by atoms with van der Waals surface area (Å²) in [5, 5.41) is 9.76. The standard InChI is InChI=1S/C14H13NO2S/c1-9-4-3-5-11(8-9)18-13-12(14(16)17)10(2)6-7-15-13/h3-8H,1-2H3,(H,16,17). The van der Waals surface area contributed by atoms with Gasteiger partial charge in [0.1, 0.15) is 5.03 Å². The van der Waals surface area contributed by atoms with Crippen molar-refractivity contribution in [2.45, 2.75) is 23.8 Å². The number of nitrogens with zero attached hydrogens (tertiary/aromatic N) is 1. The molecule has 2 rings (SSSR count). The average molecular weight is 259 g/mol. The molecule has 0 bridgehead atoms. The minimum Gasteiger partial charge on any atom is -0.478 e. The Bertz CT molecular complexity index is 596. The van der Waals surface area contributed by atoms with Gasteiger partial charge in [0, 0.05) is 11.1 Å². The molecule has 0 atom stereocenters. The maximum atomic E-state index is 11.2. The van der Waals surface area contributed by atoms with Crippen LogP contribution in [0.5, 0.6) is 0 Å². The SMILES string of the molecule is Cc1cccc(Sc2nccc(C)c2C(=O)O)c1. The van der Waals surface area contributed by atoms with Gasteiger partial charge in [0.15, 0.2) is 0 Å². The van der Waals surface area contributed by atoms with Gasteiger partial charge in [-0.15, -0.1) is 0 Å². The van der Waals surface area contributed by atoms with Crippen molar-refractivity contribution in [3.8, 4) is 0 Å². The van der Waals surface area contributed by atoms with Crippen molar-refractivity contribution in [2.75, 3.05) is 0 Å². The molecule has 0 saturated carbocycles. The Morgan fingerprint density at radius 3 is 2.72 bits per heavy atom.